The first-order valence-electron chi connectivity index (χ1n) is 10.4. The summed E-state index contributed by atoms with van der Waals surface area (Å²) < 4.78 is 51.3. The quantitative estimate of drug-likeness (QED) is 0.719. The molecule has 3 fully saturated rings. The van der Waals surface area contributed by atoms with E-state index in [1.807, 2.05) is 30.3 Å². The molecule has 2 heterocycles. The molecule has 1 unspecified atom stereocenters. The van der Waals surface area contributed by atoms with Crippen molar-refractivity contribution in [3.05, 3.63) is 35.9 Å². The minimum Gasteiger partial charge on any atom is -0.444 e. The molecule has 2 aliphatic heterocycles. The van der Waals surface area contributed by atoms with Crippen molar-refractivity contribution in [3.8, 4) is 0 Å². The van der Waals surface area contributed by atoms with E-state index in [1.54, 1.807) is 20.8 Å². The smallest absolute Gasteiger partial charge is 0.444 e. The van der Waals surface area contributed by atoms with Crippen LogP contribution < -0.4 is 0 Å². The van der Waals surface area contributed by atoms with Gasteiger partial charge in [0.15, 0.2) is 0 Å². The van der Waals surface area contributed by atoms with E-state index in [-0.39, 0.29) is 32.0 Å². The van der Waals surface area contributed by atoms with Crippen molar-refractivity contribution in [2.45, 2.75) is 69.0 Å². The monoisotopic (exact) mass is 440 g/mol. The topological polar surface area (TPSA) is 59.1 Å². The van der Waals surface area contributed by atoms with Crippen LogP contribution >= 0.6 is 0 Å². The summed E-state index contributed by atoms with van der Waals surface area (Å²) in [5.41, 5.74) is -0.420. The number of halogens is 3. The number of rotatable bonds is 3. The summed E-state index contributed by atoms with van der Waals surface area (Å²) in [5.74, 6) is -1.92. The first-order valence-corrected chi connectivity index (χ1v) is 10.4. The predicted molar refractivity (Wildman–Crippen MR) is 105 cm³/mol. The van der Waals surface area contributed by atoms with Gasteiger partial charge in [-0.1, -0.05) is 30.3 Å². The summed E-state index contributed by atoms with van der Waals surface area (Å²) in [6.45, 7) is 5.83. The lowest BCUT2D eigenvalue weighted by atomic mass is 9.89. The average molecular weight is 440 g/mol. The Morgan fingerprint density at radius 2 is 1.81 bits per heavy atom. The Morgan fingerprint density at radius 3 is 2.39 bits per heavy atom. The fourth-order valence-electron chi connectivity index (χ4n) is 4.61. The van der Waals surface area contributed by atoms with E-state index in [0.717, 1.165) is 10.5 Å². The highest BCUT2D eigenvalue weighted by atomic mass is 19.4. The molecule has 0 bridgehead atoms. The first-order chi connectivity index (χ1) is 14.4. The molecule has 1 spiro atoms. The zero-order chi connectivity index (χ0) is 22.6. The van der Waals surface area contributed by atoms with Crippen LogP contribution in [0.3, 0.4) is 0 Å². The third-order valence-electron chi connectivity index (χ3n) is 6.01. The minimum absolute atomic E-state index is 0.0298. The second kappa shape index (κ2) is 7.39. The molecule has 3 aliphatic rings. The first kappa shape index (κ1) is 21.9. The van der Waals surface area contributed by atoms with E-state index in [0.29, 0.717) is 6.42 Å². The van der Waals surface area contributed by atoms with Crippen LogP contribution in [0.15, 0.2) is 30.3 Å². The zero-order valence-electron chi connectivity index (χ0n) is 17.8. The largest absolute Gasteiger partial charge is 0.471 e. The molecule has 1 aromatic rings. The maximum atomic E-state index is 13.4. The van der Waals surface area contributed by atoms with Crippen LogP contribution in [0.4, 0.5) is 18.0 Å². The Bertz CT molecular complexity index is 847. The number of benzene rings is 1. The Morgan fingerprint density at radius 1 is 1.16 bits per heavy atom. The van der Waals surface area contributed by atoms with Crippen molar-refractivity contribution >= 4 is 12.0 Å². The van der Waals surface area contributed by atoms with Crippen LogP contribution in [0.2, 0.25) is 0 Å². The third kappa shape index (κ3) is 4.51. The Labute approximate surface area is 179 Å². The van der Waals surface area contributed by atoms with E-state index in [4.69, 9.17) is 9.47 Å². The SMILES string of the molecule is CC(C)(C)OC(=O)N1CC2(CC(N(C(=O)C(F)(F)F)[C@@H]3C[C@H]3c3ccccc3)CO2)C1. The molecule has 3 atom stereocenters. The van der Waals surface area contributed by atoms with Gasteiger partial charge >= 0.3 is 18.2 Å². The molecular formula is C22H27F3N2O4. The molecular weight excluding hydrogens is 413 g/mol. The second-order valence-electron chi connectivity index (χ2n) is 9.72. The highest BCUT2D eigenvalue weighted by Crippen LogP contribution is 2.49. The fourth-order valence-corrected chi connectivity index (χ4v) is 4.61. The van der Waals surface area contributed by atoms with E-state index in [2.05, 4.69) is 0 Å². The van der Waals surface area contributed by atoms with Crippen LogP contribution in [0.5, 0.6) is 0 Å². The molecule has 0 aromatic heterocycles. The number of alkyl halides is 3. The fraction of sp³-hybridized carbons (Fsp3) is 0.636. The zero-order valence-corrected chi connectivity index (χ0v) is 17.8. The molecule has 31 heavy (non-hydrogen) atoms. The number of hydrogen-bond acceptors (Lipinski definition) is 4. The molecule has 4 rings (SSSR count). The Kier molecular flexibility index (Phi) is 5.23. The maximum absolute atomic E-state index is 13.4. The number of likely N-dealkylation sites (tertiary alicyclic amines) is 1. The van der Waals surface area contributed by atoms with Crippen molar-refractivity contribution in [1.82, 2.24) is 9.80 Å². The van der Waals surface area contributed by atoms with Crippen molar-refractivity contribution in [3.63, 3.8) is 0 Å². The number of amides is 2. The summed E-state index contributed by atoms with van der Waals surface area (Å²) in [5, 5.41) is 0. The highest BCUT2D eigenvalue weighted by molar-refractivity contribution is 5.83. The van der Waals surface area contributed by atoms with Crippen LogP contribution in [-0.4, -0.2) is 71.0 Å². The standard InChI is InChI=1S/C22H27F3N2O4/c1-20(2,3)31-19(29)26-12-21(13-26)10-15(11-30-21)27(18(28)22(23,24)25)17-9-16(17)14-7-5-4-6-8-14/h4-8,15-17H,9-13H2,1-3H3/t15?,16-,17+/m0/s1. The van der Waals surface area contributed by atoms with Gasteiger partial charge in [0.1, 0.15) is 11.2 Å². The van der Waals surface area contributed by atoms with Crippen LogP contribution in [0.25, 0.3) is 0 Å². The Hall–Kier alpha value is -2.29. The summed E-state index contributed by atoms with van der Waals surface area (Å²) in [6, 6.07) is 8.11. The van der Waals surface area contributed by atoms with Gasteiger partial charge in [0, 0.05) is 18.4 Å². The highest BCUT2D eigenvalue weighted by Gasteiger charge is 2.59. The molecule has 1 saturated carbocycles. The number of carbonyl (C=O) groups is 2. The summed E-state index contributed by atoms with van der Waals surface area (Å²) in [4.78, 5) is 27.0. The maximum Gasteiger partial charge on any atom is 0.471 e. The minimum atomic E-state index is -4.94. The van der Waals surface area contributed by atoms with Gasteiger partial charge in [-0.3, -0.25) is 4.79 Å². The van der Waals surface area contributed by atoms with E-state index >= 15 is 0 Å². The molecule has 0 radical (unpaired) electrons. The lowest BCUT2D eigenvalue weighted by molar-refractivity contribution is -0.188. The lowest BCUT2D eigenvalue weighted by Gasteiger charge is -2.47. The van der Waals surface area contributed by atoms with E-state index in [9.17, 15) is 22.8 Å². The van der Waals surface area contributed by atoms with Crippen LogP contribution in [0, 0.1) is 0 Å². The number of ether oxygens (including phenoxy) is 2. The van der Waals surface area contributed by atoms with Gasteiger partial charge in [0.2, 0.25) is 0 Å². The number of hydrogen-bond donors (Lipinski definition) is 0. The van der Waals surface area contributed by atoms with Crippen LogP contribution in [0.1, 0.15) is 45.1 Å². The Balaban J connectivity index is 1.44. The molecule has 170 valence electrons. The van der Waals surface area contributed by atoms with Gasteiger partial charge < -0.3 is 19.3 Å². The van der Waals surface area contributed by atoms with Gasteiger partial charge in [-0.2, -0.15) is 13.2 Å². The normalized spacial score (nSPS) is 27.0. The average Bonchev–Trinajstić information content (AvgIpc) is 3.28. The van der Waals surface area contributed by atoms with Gasteiger partial charge in [0.05, 0.1) is 25.7 Å². The summed E-state index contributed by atoms with van der Waals surface area (Å²) >= 11 is 0. The summed E-state index contributed by atoms with van der Waals surface area (Å²) in [7, 11) is 0. The second-order valence-corrected chi connectivity index (χ2v) is 9.72. The third-order valence-corrected chi connectivity index (χ3v) is 6.01. The van der Waals surface area contributed by atoms with Gasteiger partial charge in [-0.05, 0) is 32.8 Å². The van der Waals surface area contributed by atoms with Crippen molar-refractivity contribution in [2.24, 2.45) is 0 Å². The van der Waals surface area contributed by atoms with Gasteiger partial charge in [0.25, 0.3) is 0 Å². The van der Waals surface area contributed by atoms with E-state index in [1.165, 1.54) is 4.90 Å². The van der Waals surface area contributed by atoms with E-state index < -0.39 is 41.5 Å². The van der Waals surface area contributed by atoms with Gasteiger partial charge in [-0.15, -0.1) is 0 Å². The molecule has 1 aliphatic carbocycles. The molecule has 2 saturated heterocycles. The van der Waals surface area contributed by atoms with Crippen LogP contribution in [-0.2, 0) is 14.3 Å². The molecule has 9 heteroatoms. The lowest BCUT2D eigenvalue weighted by Crippen LogP contribution is -2.64. The molecule has 6 nitrogen and oxygen atoms in total. The van der Waals surface area contributed by atoms with Crippen molar-refractivity contribution in [2.75, 3.05) is 19.7 Å². The molecule has 0 N–H and O–H groups in total. The van der Waals surface area contributed by atoms with Crippen molar-refractivity contribution in [1.29, 1.82) is 0 Å². The summed E-state index contributed by atoms with van der Waals surface area (Å²) in [6.07, 6.45) is -4.65. The van der Waals surface area contributed by atoms with Crippen molar-refractivity contribution < 1.29 is 32.2 Å². The predicted octanol–water partition coefficient (Wildman–Crippen LogP) is 3.71. The number of nitrogens with zero attached hydrogens (tertiary/aromatic N) is 2. The molecule has 2 amide bonds. The van der Waals surface area contributed by atoms with Gasteiger partial charge in [-0.25, -0.2) is 4.79 Å². The molecule has 1 aromatic carbocycles. The number of carbonyl (C=O) groups excluding carboxylic acids is 2.